The minimum atomic E-state index is -0.484. The molecule has 1 aromatic carbocycles. The fourth-order valence-corrected chi connectivity index (χ4v) is 1.25. The van der Waals surface area contributed by atoms with E-state index < -0.39 is 5.97 Å². The lowest BCUT2D eigenvalue weighted by Gasteiger charge is -2.11. The van der Waals surface area contributed by atoms with Crippen molar-refractivity contribution in [2.45, 2.75) is 6.92 Å². The molecule has 0 saturated carbocycles. The third-order valence-corrected chi connectivity index (χ3v) is 1.96. The summed E-state index contributed by atoms with van der Waals surface area (Å²) in [6, 6.07) is 6.88. The second-order valence-electron chi connectivity index (χ2n) is 3.04. The molecule has 17 heavy (non-hydrogen) atoms. The summed E-state index contributed by atoms with van der Waals surface area (Å²) in [7, 11) is 1.47. The van der Waals surface area contributed by atoms with Crippen LogP contribution in [0, 0.1) is 11.3 Å². The van der Waals surface area contributed by atoms with Crippen LogP contribution in [-0.4, -0.2) is 26.3 Å². The van der Waals surface area contributed by atoms with Gasteiger partial charge in [-0.2, -0.15) is 5.26 Å². The lowest BCUT2D eigenvalue weighted by Crippen LogP contribution is -2.15. The highest BCUT2D eigenvalue weighted by molar-refractivity contribution is 5.71. The summed E-state index contributed by atoms with van der Waals surface area (Å²) in [6.45, 7) is 1.75. The van der Waals surface area contributed by atoms with Crippen LogP contribution < -0.4 is 9.47 Å². The summed E-state index contributed by atoms with van der Waals surface area (Å²) in [5.74, 6) is 0.182. The maximum Gasteiger partial charge on any atom is 0.344 e. The average molecular weight is 235 g/mol. The monoisotopic (exact) mass is 235 g/mol. The number of hydrogen-bond donors (Lipinski definition) is 0. The van der Waals surface area contributed by atoms with E-state index >= 15 is 0 Å². The van der Waals surface area contributed by atoms with E-state index in [9.17, 15) is 4.79 Å². The Morgan fingerprint density at radius 1 is 1.47 bits per heavy atom. The van der Waals surface area contributed by atoms with Crippen LogP contribution in [0.1, 0.15) is 12.5 Å². The van der Waals surface area contributed by atoms with Gasteiger partial charge in [-0.05, 0) is 19.1 Å². The van der Waals surface area contributed by atoms with Crippen molar-refractivity contribution in [2.75, 3.05) is 20.3 Å². The second-order valence-corrected chi connectivity index (χ2v) is 3.04. The van der Waals surface area contributed by atoms with Gasteiger partial charge in [-0.1, -0.05) is 6.07 Å². The van der Waals surface area contributed by atoms with Crippen molar-refractivity contribution < 1.29 is 19.0 Å². The zero-order valence-electron chi connectivity index (χ0n) is 9.73. The van der Waals surface area contributed by atoms with E-state index in [1.54, 1.807) is 25.1 Å². The third kappa shape index (κ3) is 3.38. The normalized spacial score (nSPS) is 9.24. The largest absolute Gasteiger partial charge is 0.493 e. The Kier molecular flexibility index (Phi) is 4.82. The number of para-hydroxylation sites is 1. The maximum atomic E-state index is 11.1. The molecule has 0 bridgehead atoms. The van der Waals surface area contributed by atoms with Crippen LogP contribution >= 0.6 is 0 Å². The highest BCUT2D eigenvalue weighted by Crippen LogP contribution is 2.30. The first-order chi connectivity index (χ1) is 8.22. The van der Waals surface area contributed by atoms with Crippen LogP contribution in [-0.2, 0) is 9.53 Å². The highest BCUT2D eigenvalue weighted by Gasteiger charge is 2.12. The van der Waals surface area contributed by atoms with Gasteiger partial charge in [0.15, 0.2) is 18.1 Å². The van der Waals surface area contributed by atoms with Gasteiger partial charge < -0.3 is 14.2 Å². The molecule has 5 heteroatoms. The Balaban J connectivity index is 2.82. The zero-order chi connectivity index (χ0) is 12.7. The molecule has 1 rings (SSSR count). The number of nitriles is 1. The Morgan fingerprint density at radius 2 is 2.24 bits per heavy atom. The summed E-state index contributed by atoms with van der Waals surface area (Å²) >= 11 is 0. The average Bonchev–Trinajstić information content (AvgIpc) is 2.36. The van der Waals surface area contributed by atoms with E-state index in [2.05, 4.69) is 0 Å². The number of esters is 1. The van der Waals surface area contributed by atoms with E-state index in [0.29, 0.717) is 17.9 Å². The molecule has 0 aliphatic carbocycles. The summed E-state index contributed by atoms with van der Waals surface area (Å²) in [5, 5.41) is 8.91. The molecule has 0 spiro atoms. The molecule has 90 valence electrons. The summed E-state index contributed by atoms with van der Waals surface area (Å²) in [6.07, 6.45) is 0. The number of rotatable bonds is 5. The molecule has 0 saturated heterocycles. The Bertz CT molecular complexity index is 437. The fraction of sp³-hybridized carbons (Fsp3) is 0.333. The first kappa shape index (κ1) is 12.8. The number of nitrogens with zero attached hydrogens (tertiary/aromatic N) is 1. The first-order valence-corrected chi connectivity index (χ1v) is 5.08. The van der Waals surface area contributed by atoms with Crippen LogP contribution in [0.15, 0.2) is 18.2 Å². The molecule has 0 heterocycles. The van der Waals surface area contributed by atoms with Crippen LogP contribution in [0.2, 0.25) is 0 Å². The topological polar surface area (TPSA) is 68.5 Å². The van der Waals surface area contributed by atoms with Gasteiger partial charge in [-0.15, -0.1) is 0 Å². The van der Waals surface area contributed by atoms with Gasteiger partial charge in [-0.3, -0.25) is 0 Å². The number of carbonyl (C=O) groups excluding carboxylic acids is 1. The van der Waals surface area contributed by atoms with Gasteiger partial charge in [-0.25, -0.2) is 4.79 Å². The molecule has 0 amide bonds. The number of carbonyl (C=O) groups is 1. The standard InChI is InChI=1S/C12H13NO4/c1-3-16-11(14)8-17-12-9(7-13)5-4-6-10(12)15-2/h4-6H,3,8H2,1-2H3. The van der Waals surface area contributed by atoms with Gasteiger partial charge in [0.05, 0.1) is 19.3 Å². The zero-order valence-corrected chi connectivity index (χ0v) is 9.73. The smallest absolute Gasteiger partial charge is 0.344 e. The lowest BCUT2D eigenvalue weighted by molar-refractivity contribution is -0.145. The van der Waals surface area contributed by atoms with E-state index in [-0.39, 0.29) is 12.4 Å². The number of ether oxygens (including phenoxy) is 3. The molecule has 5 nitrogen and oxygen atoms in total. The summed E-state index contributed by atoms with van der Waals surface area (Å²) in [4.78, 5) is 11.1. The Morgan fingerprint density at radius 3 is 2.82 bits per heavy atom. The fourth-order valence-electron chi connectivity index (χ4n) is 1.25. The predicted molar refractivity (Wildman–Crippen MR) is 59.8 cm³/mol. The minimum absolute atomic E-state index is 0.247. The van der Waals surface area contributed by atoms with Crippen molar-refractivity contribution in [2.24, 2.45) is 0 Å². The molecular formula is C12H13NO4. The van der Waals surface area contributed by atoms with Crippen molar-refractivity contribution in [3.05, 3.63) is 23.8 Å². The maximum absolute atomic E-state index is 11.1. The lowest BCUT2D eigenvalue weighted by atomic mass is 10.2. The summed E-state index contributed by atoms with van der Waals surface area (Å²) < 4.78 is 15.0. The van der Waals surface area contributed by atoms with Gasteiger partial charge in [0.25, 0.3) is 0 Å². The van der Waals surface area contributed by atoms with Crippen LogP contribution in [0.25, 0.3) is 0 Å². The van der Waals surface area contributed by atoms with E-state index in [1.165, 1.54) is 7.11 Å². The van der Waals surface area contributed by atoms with Crippen LogP contribution in [0.4, 0.5) is 0 Å². The van der Waals surface area contributed by atoms with E-state index in [0.717, 1.165) is 0 Å². The summed E-state index contributed by atoms with van der Waals surface area (Å²) in [5.41, 5.74) is 0.314. The molecule has 0 radical (unpaired) electrons. The van der Waals surface area contributed by atoms with Crippen molar-refractivity contribution >= 4 is 5.97 Å². The van der Waals surface area contributed by atoms with Gasteiger partial charge >= 0.3 is 5.97 Å². The van der Waals surface area contributed by atoms with Crippen LogP contribution in [0.5, 0.6) is 11.5 Å². The van der Waals surface area contributed by atoms with Gasteiger partial charge in [0.1, 0.15) is 6.07 Å². The molecule has 0 aromatic heterocycles. The predicted octanol–water partition coefficient (Wildman–Crippen LogP) is 1.51. The molecule has 0 aliphatic heterocycles. The molecule has 1 aromatic rings. The SMILES string of the molecule is CCOC(=O)COc1c(C#N)cccc1OC. The third-order valence-electron chi connectivity index (χ3n) is 1.96. The first-order valence-electron chi connectivity index (χ1n) is 5.08. The molecule has 0 fully saturated rings. The van der Waals surface area contributed by atoms with Crippen molar-refractivity contribution in [3.63, 3.8) is 0 Å². The van der Waals surface area contributed by atoms with E-state index in [1.807, 2.05) is 6.07 Å². The second kappa shape index (κ2) is 6.38. The molecule has 0 unspecified atom stereocenters. The number of hydrogen-bond acceptors (Lipinski definition) is 5. The van der Waals surface area contributed by atoms with E-state index in [4.69, 9.17) is 19.5 Å². The highest BCUT2D eigenvalue weighted by atomic mass is 16.6. The number of methoxy groups -OCH3 is 1. The Hall–Kier alpha value is -2.22. The quantitative estimate of drug-likeness (QED) is 0.723. The minimum Gasteiger partial charge on any atom is -0.493 e. The van der Waals surface area contributed by atoms with Crippen molar-refractivity contribution in [3.8, 4) is 17.6 Å². The van der Waals surface area contributed by atoms with Crippen LogP contribution in [0.3, 0.4) is 0 Å². The molecule has 0 atom stereocenters. The molecule has 0 N–H and O–H groups in total. The Labute approximate surface area is 99.5 Å². The molecular weight excluding hydrogens is 222 g/mol. The van der Waals surface area contributed by atoms with Crippen molar-refractivity contribution in [1.82, 2.24) is 0 Å². The van der Waals surface area contributed by atoms with Gasteiger partial charge in [0, 0.05) is 0 Å². The molecule has 0 aliphatic rings. The van der Waals surface area contributed by atoms with Gasteiger partial charge in [0.2, 0.25) is 0 Å². The van der Waals surface area contributed by atoms with Crippen molar-refractivity contribution in [1.29, 1.82) is 5.26 Å². The number of benzene rings is 1.